The Kier molecular flexibility index (Phi) is 4.12. The number of anilines is 2. The third kappa shape index (κ3) is 3.03. The van der Waals surface area contributed by atoms with E-state index in [-0.39, 0.29) is 36.4 Å². The van der Waals surface area contributed by atoms with Gasteiger partial charge in [0.1, 0.15) is 5.82 Å². The molecule has 1 aliphatic rings. The number of rotatable bonds is 3. The molecule has 1 fully saturated rings. The van der Waals surface area contributed by atoms with Crippen molar-refractivity contribution in [3.63, 3.8) is 0 Å². The van der Waals surface area contributed by atoms with E-state index in [0.717, 1.165) is 4.90 Å². The predicted octanol–water partition coefficient (Wildman–Crippen LogP) is 3.04. The molecule has 0 atom stereocenters. The van der Waals surface area contributed by atoms with Crippen LogP contribution in [0.4, 0.5) is 15.8 Å². The molecule has 0 radical (unpaired) electrons. The summed E-state index contributed by atoms with van der Waals surface area (Å²) in [7, 11) is 0. The Morgan fingerprint density at radius 1 is 1.04 bits per heavy atom. The molecule has 0 aromatic heterocycles. The highest BCUT2D eigenvalue weighted by atomic mass is 19.1. The molecular weight excluding hydrogens is 311 g/mol. The lowest BCUT2D eigenvalue weighted by atomic mass is 10.1. The fraction of sp³-hybridized carbons (Fsp3) is 0.167. The first kappa shape index (κ1) is 15.9. The fourth-order valence-corrected chi connectivity index (χ4v) is 2.59. The standard InChI is InChI=1S/C18H15FN2O3/c1-11-10-13(19)4-7-15(11)20-18(24)12-2-5-14(6-3-12)21-16(22)8-9-17(21)23/h2-7,10H,8-9H2,1H3,(H,20,24). The summed E-state index contributed by atoms with van der Waals surface area (Å²) in [5.41, 5.74) is 1.97. The van der Waals surface area contributed by atoms with Gasteiger partial charge in [-0.15, -0.1) is 0 Å². The van der Waals surface area contributed by atoms with Crippen molar-refractivity contribution in [1.82, 2.24) is 0 Å². The van der Waals surface area contributed by atoms with Crippen molar-refractivity contribution in [3.8, 4) is 0 Å². The van der Waals surface area contributed by atoms with Crippen LogP contribution in [0, 0.1) is 12.7 Å². The first-order valence-electron chi connectivity index (χ1n) is 7.49. The van der Waals surface area contributed by atoms with Crippen LogP contribution in [0.15, 0.2) is 42.5 Å². The smallest absolute Gasteiger partial charge is 0.255 e. The number of hydrogen-bond donors (Lipinski definition) is 1. The van der Waals surface area contributed by atoms with Gasteiger partial charge in [0.2, 0.25) is 11.8 Å². The molecule has 1 heterocycles. The summed E-state index contributed by atoms with van der Waals surface area (Å²) in [5.74, 6) is -1.19. The summed E-state index contributed by atoms with van der Waals surface area (Å²) in [6, 6.07) is 10.3. The Morgan fingerprint density at radius 3 is 2.25 bits per heavy atom. The summed E-state index contributed by atoms with van der Waals surface area (Å²) >= 11 is 0. The number of nitrogens with one attached hydrogen (secondary N) is 1. The van der Waals surface area contributed by atoms with Crippen LogP contribution in [0.3, 0.4) is 0 Å². The van der Waals surface area contributed by atoms with Crippen LogP contribution in [0.1, 0.15) is 28.8 Å². The van der Waals surface area contributed by atoms with Gasteiger partial charge < -0.3 is 5.32 Å². The number of halogens is 1. The second-order valence-corrected chi connectivity index (χ2v) is 5.58. The average Bonchev–Trinajstić information content (AvgIpc) is 2.89. The molecule has 0 spiro atoms. The van der Waals surface area contributed by atoms with Crippen molar-refractivity contribution in [2.45, 2.75) is 19.8 Å². The van der Waals surface area contributed by atoms with Gasteiger partial charge in [-0.3, -0.25) is 19.3 Å². The molecule has 0 unspecified atom stereocenters. The lowest BCUT2D eigenvalue weighted by Gasteiger charge is -2.14. The molecule has 1 N–H and O–H groups in total. The molecule has 24 heavy (non-hydrogen) atoms. The van der Waals surface area contributed by atoms with Crippen molar-refractivity contribution >= 4 is 29.1 Å². The van der Waals surface area contributed by atoms with E-state index in [2.05, 4.69) is 5.32 Å². The van der Waals surface area contributed by atoms with Crippen LogP contribution in [-0.4, -0.2) is 17.7 Å². The van der Waals surface area contributed by atoms with Crippen LogP contribution in [0.25, 0.3) is 0 Å². The summed E-state index contributed by atoms with van der Waals surface area (Å²) in [6.45, 7) is 1.70. The van der Waals surface area contributed by atoms with Crippen LogP contribution in [0.2, 0.25) is 0 Å². The van der Waals surface area contributed by atoms with E-state index >= 15 is 0 Å². The number of hydrogen-bond acceptors (Lipinski definition) is 3. The van der Waals surface area contributed by atoms with Gasteiger partial charge in [0.15, 0.2) is 0 Å². The Hall–Kier alpha value is -3.02. The lowest BCUT2D eigenvalue weighted by Crippen LogP contribution is -2.28. The second kappa shape index (κ2) is 6.23. The van der Waals surface area contributed by atoms with Crippen LogP contribution >= 0.6 is 0 Å². The van der Waals surface area contributed by atoms with E-state index in [9.17, 15) is 18.8 Å². The Bertz CT molecular complexity index is 815. The minimum atomic E-state index is -0.366. The van der Waals surface area contributed by atoms with Gasteiger partial charge in [0, 0.05) is 24.1 Å². The maximum absolute atomic E-state index is 13.1. The molecule has 0 aliphatic carbocycles. The van der Waals surface area contributed by atoms with Crippen LogP contribution in [0.5, 0.6) is 0 Å². The lowest BCUT2D eigenvalue weighted by molar-refractivity contribution is -0.121. The molecule has 3 amide bonds. The number of benzene rings is 2. The van der Waals surface area contributed by atoms with Crippen molar-refractivity contribution in [1.29, 1.82) is 0 Å². The molecule has 6 heteroatoms. The van der Waals surface area contributed by atoms with E-state index in [1.54, 1.807) is 31.2 Å². The van der Waals surface area contributed by atoms with Crippen LogP contribution in [-0.2, 0) is 9.59 Å². The number of imide groups is 1. The van der Waals surface area contributed by atoms with E-state index in [0.29, 0.717) is 22.5 Å². The van der Waals surface area contributed by atoms with E-state index in [4.69, 9.17) is 0 Å². The first-order chi connectivity index (χ1) is 11.5. The summed E-state index contributed by atoms with van der Waals surface area (Å²) < 4.78 is 13.1. The second-order valence-electron chi connectivity index (χ2n) is 5.58. The summed E-state index contributed by atoms with van der Waals surface area (Å²) in [4.78, 5) is 36.8. The Labute approximate surface area is 138 Å². The normalized spacial score (nSPS) is 14.2. The number of carbonyl (C=O) groups is 3. The minimum Gasteiger partial charge on any atom is -0.322 e. The molecule has 5 nitrogen and oxygen atoms in total. The molecule has 122 valence electrons. The highest BCUT2D eigenvalue weighted by Gasteiger charge is 2.30. The molecule has 2 aromatic rings. The Morgan fingerprint density at radius 2 is 1.67 bits per heavy atom. The highest BCUT2D eigenvalue weighted by molar-refractivity contribution is 6.20. The van der Waals surface area contributed by atoms with Gasteiger partial charge in [-0.05, 0) is 55.0 Å². The van der Waals surface area contributed by atoms with Crippen molar-refractivity contribution in [2.75, 3.05) is 10.2 Å². The molecule has 2 aromatic carbocycles. The van der Waals surface area contributed by atoms with Crippen LogP contribution < -0.4 is 10.2 Å². The zero-order chi connectivity index (χ0) is 17.3. The molecule has 0 saturated carbocycles. The molecule has 0 bridgehead atoms. The molecule has 1 saturated heterocycles. The average molecular weight is 326 g/mol. The third-order valence-corrected chi connectivity index (χ3v) is 3.88. The predicted molar refractivity (Wildman–Crippen MR) is 87.3 cm³/mol. The van der Waals surface area contributed by atoms with E-state index in [1.165, 1.54) is 18.2 Å². The van der Waals surface area contributed by atoms with Gasteiger partial charge in [-0.1, -0.05) is 0 Å². The Balaban J connectivity index is 1.76. The van der Waals surface area contributed by atoms with E-state index < -0.39 is 0 Å². The van der Waals surface area contributed by atoms with Gasteiger partial charge in [0.25, 0.3) is 5.91 Å². The number of amides is 3. The fourth-order valence-electron chi connectivity index (χ4n) is 2.59. The number of aryl methyl sites for hydroxylation is 1. The van der Waals surface area contributed by atoms with Gasteiger partial charge in [0.05, 0.1) is 5.69 Å². The first-order valence-corrected chi connectivity index (χ1v) is 7.49. The summed E-state index contributed by atoms with van der Waals surface area (Å²) in [5, 5.41) is 2.71. The van der Waals surface area contributed by atoms with Gasteiger partial charge in [-0.25, -0.2) is 4.39 Å². The molecular formula is C18H15FN2O3. The van der Waals surface area contributed by atoms with E-state index in [1.807, 2.05) is 0 Å². The zero-order valence-electron chi connectivity index (χ0n) is 13.0. The monoisotopic (exact) mass is 326 g/mol. The third-order valence-electron chi connectivity index (χ3n) is 3.88. The SMILES string of the molecule is Cc1cc(F)ccc1NC(=O)c1ccc(N2C(=O)CCC2=O)cc1. The van der Waals surface area contributed by atoms with Gasteiger partial charge in [-0.2, -0.15) is 0 Å². The topological polar surface area (TPSA) is 66.5 Å². The summed E-state index contributed by atoms with van der Waals surface area (Å²) in [6.07, 6.45) is 0.426. The van der Waals surface area contributed by atoms with Gasteiger partial charge >= 0.3 is 0 Å². The quantitative estimate of drug-likeness (QED) is 0.882. The maximum atomic E-state index is 13.1. The van der Waals surface area contributed by atoms with Crippen molar-refractivity contribution < 1.29 is 18.8 Å². The molecule has 3 rings (SSSR count). The number of carbonyl (C=O) groups excluding carboxylic acids is 3. The zero-order valence-corrected chi connectivity index (χ0v) is 13.0. The largest absolute Gasteiger partial charge is 0.322 e. The number of nitrogens with zero attached hydrogens (tertiary/aromatic N) is 1. The minimum absolute atomic E-state index is 0.213. The van der Waals surface area contributed by atoms with Crippen molar-refractivity contribution in [2.24, 2.45) is 0 Å². The highest BCUT2D eigenvalue weighted by Crippen LogP contribution is 2.23. The van der Waals surface area contributed by atoms with Crippen molar-refractivity contribution in [3.05, 3.63) is 59.4 Å². The molecule has 1 aliphatic heterocycles. The maximum Gasteiger partial charge on any atom is 0.255 e.